The highest BCUT2D eigenvalue weighted by molar-refractivity contribution is 5.77. The number of ether oxygens (including phenoxy) is 2. The first-order valence-corrected chi connectivity index (χ1v) is 6.63. The van der Waals surface area contributed by atoms with Gasteiger partial charge in [-0.2, -0.15) is 0 Å². The summed E-state index contributed by atoms with van der Waals surface area (Å²) in [5.41, 5.74) is 1.72. The fraction of sp³-hybridized carbons (Fsp3) is 0.533. The molecule has 1 aromatic rings. The number of aliphatic hydroxyl groups excluding tert-OH is 1. The van der Waals surface area contributed by atoms with Crippen LogP contribution in [-0.4, -0.2) is 37.4 Å². The van der Waals surface area contributed by atoms with Gasteiger partial charge >= 0.3 is 0 Å². The van der Waals surface area contributed by atoms with Gasteiger partial charge in [0.25, 0.3) is 5.91 Å². The van der Waals surface area contributed by atoms with E-state index in [0.717, 1.165) is 11.1 Å². The van der Waals surface area contributed by atoms with Crippen molar-refractivity contribution in [2.75, 3.05) is 20.3 Å². The van der Waals surface area contributed by atoms with Crippen LogP contribution in [-0.2, 0) is 9.53 Å². The normalized spacial score (nSPS) is 13.7. The lowest BCUT2D eigenvalue weighted by Crippen LogP contribution is -2.38. The molecule has 2 unspecified atom stereocenters. The summed E-state index contributed by atoms with van der Waals surface area (Å²) in [4.78, 5) is 11.7. The van der Waals surface area contributed by atoms with Crippen molar-refractivity contribution in [2.45, 2.75) is 32.9 Å². The monoisotopic (exact) mass is 281 g/mol. The van der Waals surface area contributed by atoms with Gasteiger partial charge in [-0.25, -0.2) is 0 Å². The third-order valence-electron chi connectivity index (χ3n) is 2.86. The largest absolute Gasteiger partial charge is 0.484 e. The lowest BCUT2D eigenvalue weighted by Gasteiger charge is -2.14. The predicted octanol–water partition coefficient (Wildman–Crippen LogP) is 1.58. The van der Waals surface area contributed by atoms with Crippen LogP contribution >= 0.6 is 0 Å². The zero-order valence-corrected chi connectivity index (χ0v) is 12.5. The van der Waals surface area contributed by atoms with Crippen molar-refractivity contribution in [1.82, 2.24) is 5.32 Å². The number of methoxy groups -OCH3 is 1. The number of rotatable bonds is 7. The molecule has 2 atom stereocenters. The van der Waals surface area contributed by atoms with Crippen LogP contribution in [0.25, 0.3) is 0 Å². The van der Waals surface area contributed by atoms with Gasteiger partial charge in [0.05, 0.1) is 12.7 Å². The number of aliphatic hydroxyl groups is 1. The molecule has 0 aliphatic rings. The quantitative estimate of drug-likeness (QED) is 0.796. The first kappa shape index (κ1) is 16.5. The Morgan fingerprint density at radius 3 is 2.65 bits per heavy atom. The van der Waals surface area contributed by atoms with Crippen molar-refractivity contribution in [3.8, 4) is 5.75 Å². The highest BCUT2D eigenvalue weighted by Crippen LogP contribution is 2.22. The van der Waals surface area contributed by atoms with E-state index in [2.05, 4.69) is 5.32 Å². The van der Waals surface area contributed by atoms with Gasteiger partial charge in [0.15, 0.2) is 6.61 Å². The van der Waals surface area contributed by atoms with Crippen molar-refractivity contribution in [2.24, 2.45) is 0 Å². The van der Waals surface area contributed by atoms with Gasteiger partial charge in [-0.05, 0) is 44.0 Å². The Bertz CT molecular complexity index is 445. The number of hydrogen-bond acceptors (Lipinski definition) is 4. The molecule has 0 spiro atoms. The van der Waals surface area contributed by atoms with Crippen molar-refractivity contribution in [3.05, 3.63) is 29.3 Å². The van der Waals surface area contributed by atoms with Crippen LogP contribution in [0.1, 0.15) is 31.1 Å². The first-order valence-electron chi connectivity index (χ1n) is 6.63. The molecule has 0 saturated heterocycles. The summed E-state index contributed by atoms with van der Waals surface area (Å²) in [6.07, 6.45) is -0.513. The fourth-order valence-corrected chi connectivity index (χ4v) is 1.85. The maximum Gasteiger partial charge on any atom is 0.258 e. The molecule has 2 N–H and O–H groups in total. The maximum absolute atomic E-state index is 11.7. The number of nitrogens with one attached hydrogen (secondary N) is 1. The van der Waals surface area contributed by atoms with Gasteiger partial charge < -0.3 is 19.9 Å². The molecule has 0 aliphatic heterocycles. The molecule has 0 aliphatic carbocycles. The van der Waals surface area contributed by atoms with E-state index in [1.54, 1.807) is 26.2 Å². The Kier molecular flexibility index (Phi) is 6.48. The lowest BCUT2D eigenvalue weighted by atomic mass is 10.1. The summed E-state index contributed by atoms with van der Waals surface area (Å²) in [7, 11) is 1.59. The standard InChI is InChI=1S/C15H23NO4/c1-10-7-13(12(3)17)5-6-14(10)20-9-15(18)16-11(2)8-19-4/h5-7,11-12,17H,8-9H2,1-4H3,(H,16,18). The molecule has 1 aromatic carbocycles. The molecule has 112 valence electrons. The molecule has 0 heterocycles. The predicted molar refractivity (Wildman–Crippen MR) is 76.8 cm³/mol. The number of amides is 1. The van der Waals surface area contributed by atoms with E-state index < -0.39 is 6.10 Å². The number of aryl methyl sites for hydroxylation is 1. The van der Waals surface area contributed by atoms with Crippen LogP contribution in [0.3, 0.4) is 0 Å². The number of carbonyl (C=O) groups is 1. The van der Waals surface area contributed by atoms with Crippen LogP contribution in [0.2, 0.25) is 0 Å². The third kappa shape index (κ3) is 5.19. The van der Waals surface area contributed by atoms with E-state index >= 15 is 0 Å². The van der Waals surface area contributed by atoms with Crippen molar-refractivity contribution < 1.29 is 19.4 Å². The Morgan fingerprint density at radius 2 is 2.10 bits per heavy atom. The van der Waals surface area contributed by atoms with Crippen molar-refractivity contribution in [1.29, 1.82) is 0 Å². The molecule has 0 saturated carbocycles. The summed E-state index contributed by atoms with van der Waals surface area (Å²) < 4.78 is 10.4. The lowest BCUT2D eigenvalue weighted by molar-refractivity contribution is -0.124. The summed E-state index contributed by atoms with van der Waals surface area (Å²) in [6, 6.07) is 5.36. The van der Waals surface area contributed by atoms with Gasteiger partial charge in [-0.3, -0.25) is 4.79 Å². The van der Waals surface area contributed by atoms with Gasteiger partial charge in [-0.15, -0.1) is 0 Å². The second-order valence-corrected chi connectivity index (χ2v) is 4.91. The summed E-state index contributed by atoms with van der Waals surface area (Å²) in [5.74, 6) is 0.456. The minimum absolute atomic E-state index is 0.0388. The first-order chi connectivity index (χ1) is 9.43. The smallest absolute Gasteiger partial charge is 0.258 e. The Balaban J connectivity index is 2.51. The minimum atomic E-state index is -0.513. The Hall–Kier alpha value is -1.59. The molecule has 1 amide bonds. The molecule has 1 rings (SSSR count). The maximum atomic E-state index is 11.7. The van der Waals surface area contributed by atoms with Gasteiger partial charge in [0, 0.05) is 13.2 Å². The van der Waals surface area contributed by atoms with Crippen LogP contribution in [0.15, 0.2) is 18.2 Å². The zero-order chi connectivity index (χ0) is 15.1. The van der Waals surface area contributed by atoms with Crippen LogP contribution in [0.4, 0.5) is 0 Å². The van der Waals surface area contributed by atoms with Crippen molar-refractivity contribution in [3.63, 3.8) is 0 Å². The summed E-state index contributed by atoms with van der Waals surface area (Å²) in [5, 5.41) is 12.3. The number of benzene rings is 1. The molecule has 5 heteroatoms. The van der Waals surface area contributed by atoms with E-state index in [1.807, 2.05) is 19.9 Å². The van der Waals surface area contributed by atoms with Crippen LogP contribution in [0.5, 0.6) is 5.75 Å². The molecule has 0 radical (unpaired) electrons. The zero-order valence-electron chi connectivity index (χ0n) is 12.5. The van der Waals surface area contributed by atoms with Crippen molar-refractivity contribution >= 4 is 5.91 Å². The number of hydrogen-bond donors (Lipinski definition) is 2. The molecule has 20 heavy (non-hydrogen) atoms. The Morgan fingerprint density at radius 1 is 1.40 bits per heavy atom. The highest BCUT2D eigenvalue weighted by Gasteiger charge is 2.09. The molecular weight excluding hydrogens is 258 g/mol. The van der Waals surface area contributed by atoms with Gasteiger partial charge in [0.2, 0.25) is 0 Å². The molecular formula is C15H23NO4. The summed E-state index contributed by atoms with van der Waals surface area (Å²) >= 11 is 0. The molecule has 0 aromatic heterocycles. The average molecular weight is 281 g/mol. The van der Waals surface area contributed by atoms with E-state index in [9.17, 15) is 9.90 Å². The highest BCUT2D eigenvalue weighted by atomic mass is 16.5. The second-order valence-electron chi connectivity index (χ2n) is 4.91. The third-order valence-corrected chi connectivity index (χ3v) is 2.86. The summed E-state index contributed by atoms with van der Waals surface area (Å²) in [6.45, 7) is 5.88. The fourth-order valence-electron chi connectivity index (χ4n) is 1.85. The van der Waals surface area contributed by atoms with Crippen LogP contribution in [0, 0.1) is 6.92 Å². The molecule has 0 bridgehead atoms. The van der Waals surface area contributed by atoms with Crippen LogP contribution < -0.4 is 10.1 Å². The topological polar surface area (TPSA) is 67.8 Å². The molecule has 0 fully saturated rings. The SMILES string of the molecule is COCC(C)NC(=O)COc1ccc(C(C)O)cc1C. The second kappa shape index (κ2) is 7.87. The van der Waals surface area contributed by atoms with E-state index in [4.69, 9.17) is 9.47 Å². The van der Waals surface area contributed by atoms with Gasteiger partial charge in [-0.1, -0.05) is 6.07 Å². The van der Waals surface area contributed by atoms with E-state index in [0.29, 0.717) is 12.4 Å². The minimum Gasteiger partial charge on any atom is -0.484 e. The van der Waals surface area contributed by atoms with Gasteiger partial charge in [0.1, 0.15) is 5.75 Å². The van der Waals surface area contributed by atoms with E-state index in [-0.39, 0.29) is 18.6 Å². The Labute approximate surface area is 119 Å². The number of carbonyl (C=O) groups excluding carboxylic acids is 1. The average Bonchev–Trinajstić information content (AvgIpc) is 2.37. The van der Waals surface area contributed by atoms with E-state index in [1.165, 1.54) is 0 Å². The molecule has 5 nitrogen and oxygen atoms in total.